The van der Waals surface area contributed by atoms with E-state index in [-0.39, 0.29) is 17.1 Å². The van der Waals surface area contributed by atoms with Gasteiger partial charge in [-0.15, -0.1) is 0 Å². The molecule has 0 radical (unpaired) electrons. The topological polar surface area (TPSA) is 60.3 Å². The Morgan fingerprint density at radius 2 is 1.23 bits per heavy atom. The SMILES string of the molecule is O=C(c1ccncc1)c1cn(C(c2ccccc2)(c2ccccc2)c2ccccc2)c(C2(C(F)(F)F)CO2)n1. The van der Waals surface area contributed by atoms with Crippen LogP contribution >= 0.6 is 0 Å². The van der Waals surface area contributed by atoms with Gasteiger partial charge in [-0.2, -0.15) is 13.2 Å². The van der Waals surface area contributed by atoms with E-state index in [9.17, 15) is 18.0 Å². The van der Waals surface area contributed by atoms with Crippen LogP contribution in [0.5, 0.6) is 0 Å². The Labute approximate surface area is 222 Å². The van der Waals surface area contributed by atoms with Crippen molar-refractivity contribution in [1.82, 2.24) is 14.5 Å². The first kappa shape index (κ1) is 24.8. The van der Waals surface area contributed by atoms with E-state index in [4.69, 9.17) is 4.74 Å². The average Bonchev–Trinajstić information content (AvgIpc) is 3.69. The van der Waals surface area contributed by atoms with Gasteiger partial charge < -0.3 is 9.30 Å². The number of alkyl halides is 3. The number of halogens is 3. The zero-order valence-electron chi connectivity index (χ0n) is 20.5. The molecule has 3 heterocycles. The summed E-state index contributed by atoms with van der Waals surface area (Å²) in [5.41, 5.74) is -1.72. The van der Waals surface area contributed by atoms with Crippen LogP contribution in [0.15, 0.2) is 122 Å². The molecule has 0 amide bonds. The summed E-state index contributed by atoms with van der Waals surface area (Å²) in [7, 11) is 0. The average molecular weight is 526 g/mol. The number of pyridine rings is 1. The van der Waals surface area contributed by atoms with Crippen molar-refractivity contribution in [3.8, 4) is 0 Å². The standard InChI is InChI=1S/C31H22F3N3O2/c32-31(33,34)29(21-39-29)28-36-26(27(38)22-16-18-35-19-17-22)20-37(28)30(23-10-4-1-5-11-23,24-12-6-2-7-13-24)25-14-8-3-9-15-25/h1-20H,21H2. The number of epoxide rings is 1. The Morgan fingerprint density at radius 3 is 1.64 bits per heavy atom. The molecule has 5 aromatic rings. The van der Waals surface area contributed by atoms with Gasteiger partial charge in [0.1, 0.15) is 11.2 Å². The van der Waals surface area contributed by atoms with E-state index in [1.54, 1.807) is 0 Å². The number of benzene rings is 3. The molecule has 0 bridgehead atoms. The summed E-state index contributed by atoms with van der Waals surface area (Å²) in [6.45, 7) is -0.592. The lowest BCUT2D eigenvalue weighted by Crippen LogP contribution is -2.43. The van der Waals surface area contributed by atoms with Crippen molar-refractivity contribution in [1.29, 1.82) is 0 Å². The van der Waals surface area contributed by atoms with Gasteiger partial charge in [-0.3, -0.25) is 9.78 Å². The largest absolute Gasteiger partial charge is 0.427 e. The predicted molar refractivity (Wildman–Crippen MR) is 138 cm³/mol. The fourth-order valence-corrected chi connectivity index (χ4v) is 5.13. The number of hydrogen-bond acceptors (Lipinski definition) is 4. The Balaban J connectivity index is 1.73. The van der Waals surface area contributed by atoms with Crippen molar-refractivity contribution < 1.29 is 22.7 Å². The first-order chi connectivity index (χ1) is 18.9. The van der Waals surface area contributed by atoms with Gasteiger partial charge in [0.2, 0.25) is 11.4 Å². The molecule has 1 fully saturated rings. The normalized spacial score (nSPS) is 17.1. The van der Waals surface area contributed by atoms with Gasteiger partial charge in [-0.25, -0.2) is 4.98 Å². The van der Waals surface area contributed by atoms with Crippen molar-refractivity contribution in [3.63, 3.8) is 0 Å². The van der Waals surface area contributed by atoms with Crippen LogP contribution in [0.25, 0.3) is 0 Å². The number of aromatic nitrogens is 3. The van der Waals surface area contributed by atoms with Gasteiger partial charge in [0.25, 0.3) is 0 Å². The van der Waals surface area contributed by atoms with Crippen molar-refractivity contribution in [3.05, 3.63) is 155 Å². The van der Waals surface area contributed by atoms with Crippen LogP contribution < -0.4 is 0 Å². The van der Waals surface area contributed by atoms with Crippen LogP contribution in [-0.2, 0) is 15.9 Å². The summed E-state index contributed by atoms with van der Waals surface area (Å²) in [5, 5.41) is 0. The molecule has 1 atom stereocenters. The lowest BCUT2D eigenvalue weighted by molar-refractivity contribution is -0.190. The molecule has 0 aliphatic carbocycles. The number of carbonyl (C=O) groups is 1. The molecule has 0 saturated carbocycles. The predicted octanol–water partition coefficient (Wildman–Crippen LogP) is 6.14. The molecule has 2 aromatic heterocycles. The molecular weight excluding hydrogens is 503 g/mol. The van der Waals surface area contributed by atoms with Gasteiger partial charge in [0, 0.05) is 24.2 Å². The molecule has 1 saturated heterocycles. The zero-order valence-corrected chi connectivity index (χ0v) is 20.5. The number of ketones is 1. The van der Waals surface area contributed by atoms with Crippen LogP contribution in [0.3, 0.4) is 0 Å². The smallest absolute Gasteiger partial charge is 0.353 e. The highest BCUT2D eigenvalue weighted by Crippen LogP contribution is 2.54. The fourth-order valence-electron chi connectivity index (χ4n) is 5.13. The Kier molecular flexibility index (Phi) is 5.92. The third-order valence-corrected chi connectivity index (χ3v) is 7.07. The van der Waals surface area contributed by atoms with E-state index in [0.717, 1.165) is 0 Å². The summed E-state index contributed by atoms with van der Waals surface area (Å²) in [6, 6.07) is 30.7. The molecule has 1 aliphatic heterocycles. The molecule has 3 aromatic carbocycles. The first-order valence-electron chi connectivity index (χ1n) is 12.3. The maximum Gasteiger partial charge on any atom is 0.427 e. The van der Waals surface area contributed by atoms with Gasteiger partial charge >= 0.3 is 6.18 Å². The van der Waals surface area contributed by atoms with Crippen molar-refractivity contribution in [2.24, 2.45) is 0 Å². The summed E-state index contributed by atoms with van der Waals surface area (Å²) in [4.78, 5) is 21.8. The second-order valence-corrected chi connectivity index (χ2v) is 9.31. The molecule has 39 heavy (non-hydrogen) atoms. The highest BCUT2D eigenvalue weighted by atomic mass is 19.4. The van der Waals surface area contributed by atoms with Crippen molar-refractivity contribution in [2.45, 2.75) is 17.3 Å². The number of carbonyl (C=O) groups excluding carboxylic acids is 1. The lowest BCUT2D eigenvalue weighted by Gasteiger charge is -2.39. The number of imidazole rings is 1. The van der Waals surface area contributed by atoms with E-state index in [1.807, 2.05) is 91.0 Å². The number of hydrogen-bond donors (Lipinski definition) is 0. The van der Waals surface area contributed by atoms with Crippen LogP contribution in [0.4, 0.5) is 13.2 Å². The second-order valence-electron chi connectivity index (χ2n) is 9.31. The fraction of sp³-hybridized carbons (Fsp3) is 0.129. The summed E-state index contributed by atoms with van der Waals surface area (Å²) >= 11 is 0. The molecular formula is C31H22F3N3O2. The number of ether oxygens (including phenoxy) is 1. The van der Waals surface area contributed by atoms with E-state index < -0.39 is 29.7 Å². The van der Waals surface area contributed by atoms with Gasteiger partial charge in [0.05, 0.1) is 6.61 Å². The minimum Gasteiger partial charge on any atom is -0.353 e. The molecule has 1 unspecified atom stereocenters. The third-order valence-electron chi connectivity index (χ3n) is 7.07. The third kappa shape index (κ3) is 3.95. The minimum atomic E-state index is -4.76. The van der Waals surface area contributed by atoms with E-state index in [2.05, 4.69) is 9.97 Å². The minimum absolute atomic E-state index is 0.123. The molecule has 0 spiro atoms. The van der Waals surface area contributed by atoms with E-state index in [0.29, 0.717) is 16.7 Å². The Morgan fingerprint density at radius 1 is 0.769 bits per heavy atom. The highest BCUT2D eigenvalue weighted by molar-refractivity contribution is 6.07. The molecule has 6 rings (SSSR count). The maximum absolute atomic E-state index is 14.6. The maximum atomic E-state index is 14.6. The molecule has 0 N–H and O–H groups in total. The monoisotopic (exact) mass is 525 g/mol. The number of nitrogens with zero attached hydrogens (tertiary/aromatic N) is 3. The highest BCUT2D eigenvalue weighted by Gasteiger charge is 2.70. The summed E-state index contributed by atoms with van der Waals surface area (Å²) < 4.78 is 50.5. The van der Waals surface area contributed by atoms with Crippen LogP contribution in [0, 0.1) is 0 Å². The second kappa shape index (κ2) is 9.32. The van der Waals surface area contributed by atoms with Crippen LogP contribution in [0.1, 0.15) is 38.6 Å². The van der Waals surface area contributed by atoms with Gasteiger partial charge in [-0.1, -0.05) is 91.0 Å². The number of rotatable bonds is 7. The molecule has 8 heteroatoms. The van der Waals surface area contributed by atoms with Crippen LogP contribution in [0.2, 0.25) is 0 Å². The molecule has 5 nitrogen and oxygen atoms in total. The van der Waals surface area contributed by atoms with Crippen LogP contribution in [-0.4, -0.2) is 33.1 Å². The Bertz CT molecular complexity index is 1500. The Hall–Kier alpha value is -4.56. The summed E-state index contributed by atoms with van der Waals surface area (Å²) in [5.74, 6) is -0.901. The van der Waals surface area contributed by atoms with Crippen molar-refractivity contribution >= 4 is 5.78 Å². The first-order valence-corrected chi connectivity index (χ1v) is 12.3. The lowest BCUT2D eigenvalue weighted by atomic mass is 9.76. The van der Waals surface area contributed by atoms with E-state index in [1.165, 1.54) is 35.3 Å². The van der Waals surface area contributed by atoms with Gasteiger partial charge in [-0.05, 0) is 28.8 Å². The van der Waals surface area contributed by atoms with Crippen molar-refractivity contribution in [2.75, 3.05) is 6.61 Å². The quantitative estimate of drug-likeness (QED) is 0.146. The molecule has 1 aliphatic rings. The zero-order chi connectivity index (χ0) is 27.1. The van der Waals surface area contributed by atoms with E-state index >= 15 is 0 Å². The molecule has 194 valence electrons. The van der Waals surface area contributed by atoms with Gasteiger partial charge in [0.15, 0.2) is 5.82 Å². The summed E-state index contributed by atoms with van der Waals surface area (Å²) in [6.07, 6.45) is -0.438.